The number of thiocarbonyl (C=S) groups is 1. The number of hydrogen-bond acceptors (Lipinski definition) is 5. The molecule has 0 aromatic carbocycles. The normalized spacial score (nSPS) is 11.4. The van der Waals surface area contributed by atoms with Crippen LogP contribution in [0.25, 0.3) is 0 Å². The van der Waals surface area contributed by atoms with Gasteiger partial charge in [-0.2, -0.15) is 5.10 Å². The minimum absolute atomic E-state index is 0.301. The molecule has 0 saturated carbocycles. The van der Waals surface area contributed by atoms with Crippen molar-refractivity contribution in [1.29, 1.82) is 0 Å². The summed E-state index contributed by atoms with van der Waals surface area (Å²) in [6, 6.07) is 0. The van der Waals surface area contributed by atoms with E-state index in [0.29, 0.717) is 17.4 Å². The Morgan fingerprint density at radius 1 is 1.30 bits per heavy atom. The van der Waals surface area contributed by atoms with E-state index in [9.17, 15) is 0 Å². The summed E-state index contributed by atoms with van der Waals surface area (Å²) in [5.41, 5.74) is 8.41. The molecular weight excluding hydrogens is 272 g/mol. The number of nitrogens with one attached hydrogen (secondary N) is 1. The van der Waals surface area contributed by atoms with Crippen LogP contribution in [0.4, 0.5) is 5.82 Å². The first-order chi connectivity index (χ1) is 9.36. The first-order valence-electron chi connectivity index (χ1n) is 6.83. The number of anilines is 1. The Hall–Kier alpha value is -1.27. The van der Waals surface area contributed by atoms with Gasteiger partial charge in [0.05, 0.1) is 16.9 Å². The highest BCUT2D eigenvalue weighted by atomic mass is 32.1. The molecule has 1 rings (SSSR count). The zero-order chi connectivity index (χ0) is 15.3. The van der Waals surface area contributed by atoms with Crippen LogP contribution < -0.4 is 11.1 Å². The highest BCUT2D eigenvalue weighted by Crippen LogP contribution is 2.21. The van der Waals surface area contributed by atoms with E-state index < -0.39 is 0 Å². The Balaban J connectivity index is 3.17. The Bertz CT molecular complexity index is 488. The highest BCUT2D eigenvalue weighted by Gasteiger charge is 2.20. The second kappa shape index (κ2) is 6.95. The van der Waals surface area contributed by atoms with Crippen molar-refractivity contribution in [3.05, 3.63) is 16.8 Å². The number of ether oxygens (including phenoxy) is 1. The van der Waals surface area contributed by atoms with E-state index in [1.165, 1.54) is 0 Å². The average Bonchev–Trinajstić information content (AvgIpc) is 2.43. The fourth-order valence-electron chi connectivity index (χ4n) is 1.93. The predicted molar refractivity (Wildman–Crippen MR) is 86.3 cm³/mol. The number of nitrogens with zero attached hydrogens (tertiary/aromatic N) is 2. The van der Waals surface area contributed by atoms with Gasteiger partial charge in [0.25, 0.3) is 0 Å². The van der Waals surface area contributed by atoms with E-state index in [2.05, 4.69) is 22.4 Å². The van der Waals surface area contributed by atoms with E-state index in [4.69, 9.17) is 22.7 Å². The van der Waals surface area contributed by atoms with Gasteiger partial charge in [-0.3, -0.25) is 0 Å². The number of aromatic nitrogens is 2. The lowest BCUT2D eigenvalue weighted by Gasteiger charge is -2.24. The largest absolute Gasteiger partial charge is 0.389 e. The van der Waals surface area contributed by atoms with Crippen molar-refractivity contribution >= 4 is 23.0 Å². The minimum atomic E-state index is -0.301. The van der Waals surface area contributed by atoms with Gasteiger partial charge in [0.15, 0.2) is 5.82 Å². The van der Waals surface area contributed by atoms with Gasteiger partial charge in [-0.15, -0.1) is 5.10 Å². The van der Waals surface area contributed by atoms with Crippen LogP contribution in [-0.2, 0) is 17.6 Å². The Morgan fingerprint density at radius 2 is 1.95 bits per heavy atom. The third-order valence-electron chi connectivity index (χ3n) is 3.33. The van der Waals surface area contributed by atoms with Crippen LogP contribution in [0.5, 0.6) is 0 Å². The van der Waals surface area contributed by atoms with Crippen LogP contribution in [0.15, 0.2) is 0 Å². The number of aryl methyl sites for hydroxylation is 1. The van der Waals surface area contributed by atoms with Crippen molar-refractivity contribution in [2.24, 2.45) is 5.73 Å². The summed E-state index contributed by atoms with van der Waals surface area (Å²) < 4.78 is 5.39. The van der Waals surface area contributed by atoms with Crippen LogP contribution in [0.1, 0.15) is 44.5 Å². The predicted octanol–water partition coefficient (Wildman–Crippen LogP) is 2.07. The van der Waals surface area contributed by atoms with Crippen molar-refractivity contribution in [2.45, 2.75) is 46.1 Å². The Morgan fingerprint density at radius 3 is 2.40 bits per heavy atom. The molecule has 5 nitrogen and oxygen atoms in total. The van der Waals surface area contributed by atoms with Crippen LogP contribution in [0.3, 0.4) is 0 Å². The van der Waals surface area contributed by atoms with Gasteiger partial charge in [0.1, 0.15) is 4.99 Å². The molecule has 0 unspecified atom stereocenters. The lowest BCUT2D eigenvalue weighted by molar-refractivity contribution is 0.0343. The van der Waals surface area contributed by atoms with E-state index in [-0.39, 0.29) is 5.60 Å². The van der Waals surface area contributed by atoms with E-state index >= 15 is 0 Å². The zero-order valence-electron chi connectivity index (χ0n) is 12.9. The maximum atomic E-state index is 5.88. The summed E-state index contributed by atoms with van der Waals surface area (Å²) in [6.07, 6.45) is 1.64. The molecule has 6 heteroatoms. The zero-order valence-corrected chi connectivity index (χ0v) is 13.7. The smallest absolute Gasteiger partial charge is 0.159 e. The molecule has 0 bridgehead atoms. The molecule has 112 valence electrons. The molecular formula is C14H24N4OS. The molecule has 20 heavy (non-hydrogen) atoms. The molecule has 0 saturated heterocycles. The minimum Gasteiger partial charge on any atom is -0.389 e. The van der Waals surface area contributed by atoms with E-state index in [1.807, 2.05) is 20.8 Å². The number of hydrogen-bond donors (Lipinski definition) is 2. The second-order valence-electron chi connectivity index (χ2n) is 5.24. The third kappa shape index (κ3) is 3.86. The molecule has 0 fully saturated rings. The molecule has 3 N–H and O–H groups in total. The van der Waals surface area contributed by atoms with Crippen LogP contribution in [0, 0.1) is 0 Å². The SMILES string of the molecule is CCc1nnc(NCC(C)(C)OC)c(C(N)=S)c1CC. The molecule has 0 spiro atoms. The molecule has 0 aliphatic rings. The molecule has 1 heterocycles. The summed E-state index contributed by atoms with van der Waals surface area (Å²) in [5, 5.41) is 11.7. The quantitative estimate of drug-likeness (QED) is 0.751. The van der Waals surface area contributed by atoms with Crippen LogP contribution in [0.2, 0.25) is 0 Å². The van der Waals surface area contributed by atoms with Crippen LogP contribution in [-0.4, -0.2) is 34.4 Å². The third-order valence-corrected chi connectivity index (χ3v) is 3.53. The summed E-state index contributed by atoms with van der Waals surface area (Å²) in [7, 11) is 1.68. The topological polar surface area (TPSA) is 73.1 Å². The highest BCUT2D eigenvalue weighted by molar-refractivity contribution is 7.80. The first kappa shape index (κ1) is 16.8. The van der Waals surface area contributed by atoms with Crippen molar-refractivity contribution in [3.63, 3.8) is 0 Å². The lowest BCUT2D eigenvalue weighted by Crippen LogP contribution is -2.33. The average molecular weight is 296 g/mol. The lowest BCUT2D eigenvalue weighted by atomic mass is 10.0. The van der Waals surface area contributed by atoms with Gasteiger partial charge >= 0.3 is 0 Å². The van der Waals surface area contributed by atoms with Crippen molar-refractivity contribution in [3.8, 4) is 0 Å². The molecule has 0 aliphatic carbocycles. The maximum Gasteiger partial charge on any atom is 0.159 e. The Kier molecular flexibility index (Phi) is 5.83. The second-order valence-corrected chi connectivity index (χ2v) is 5.68. The fourth-order valence-corrected chi connectivity index (χ4v) is 2.15. The van der Waals surface area contributed by atoms with E-state index in [0.717, 1.165) is 29.7 Å². The van der Waals surface area contributed by atoms with Gasteiger partial charge in [-0.1, -0.05) is 26.1 Å². The fraction of sp³-hybridized carbons (Fsp3) is 0.643. The molecule has 0 radical (unpaired) electrons. The number of rotatable bonds is 7. The first-order valence-corrected chi connectivity index (χ1v) is 7.24. The summed E-state index contributed by atoms with van der Waals surface area (Å²) in [5.74, 6) is 0.636. The molecule has 0 aliphatic heterocycles. The summed E-state index contributed by atoms with van der Waals surface area (Å²) in [4.78, 5) is 0.351. The maximum absolute atomic E-state index is 5.88. The van der Waals surface area contributed by atoms with E-state index in [1.54, 1.807) is 7.11 Å². The summed E-state index contributed by atoms with van der Waals surface area (Å²) in [6.45, 7) is 8.71. The monoisotopic (exact) mass is 296 g/mol. The van der Waals surface area contributed by atoms with Gasteiger partial charge in [-0.25, -0.2) is 0 Å². The van der Waals surface area contributed by atoms with Crippen molar-refractivity contribution in [2.75, 3.05) is 19.0 Å². The van der Waals surface area contributed by atoms with Gasteiger partial charge < -0.3 is 15.8 Å². The summed E-state index contributed by atoms with van der Waals surface area (Å²) >= 11 is 5.19. The molecule has 1 aromatic rings. The van der Waals surface area contributed by atoms with Crippen molar-refractivity contribution < 1.29 is 4.74 Å². The number of nitrogens with two attached hydrogens (primary N) is 1. The molecule has 1 aromatic heterocycles. The molecule has 0 atom stereocenters. The Labute approximate surface area is 126 Å². The van der Waals surface area contributed by atoms with Gasteiger partial charge in [0.2, 0.25) is 0 Å². The molecule has 0 amide bonds. The van der Waals surface area contributed by atoms with Crippen LogP contribution >= 0.6 is 12.2 Å². The van der Waals surface area contributed by atoms with Gasteiger partial charge in [-0.05, 0) is 32.3 Å². The number of methoxy groups -OCH3 is 1. The standard InChI is InChI=1S/C14H24N4OS/c1-6-9-10(7-2)17-18-13(11(9)12(15)20)16-8-14(3,4)19-5/h6-8H2,1-5H3,(H2,15,20)(H,16,18). The van der Waals surface area contributed by atoms with Gasteiger partial charge in [0, 0.05) is 13.7 Å². The van der Waals surface area contributed by atoms with Crippen molar-refractivity contribution in [1.82, 2.24) is 10.2 Å².